The van der Waals surface area contributed by atoms with E-state index in [4.69, 9.17) is 0 Å². The van der Waals surface area contributed by atoms with Gasteiger partial charge in [0.05, 0.1) is 0 Å². The van der Waals surface area contributed by atoms with Crippen LogP contribution in [0.2, 0.25) is 18.1 Å². The Morgan fingerprint density at radius 2 is 1.21 bits per heavy atom. The van der Waals surface area contributed by atoms with Crippen molar-refractivity contribution in [2.45, 2.75) is 115 Å². The second-order valence-electron chi connectivity index (χ2n) is 8.71. The van der Waals surface area contributed by atoms with E-state index >= 15 is 0 Å². The summed E-state index contributed by atoms with van der Waals surface area (Å²) in [6, 6.07) is 15.3. The van der Waals surface area contributed by atoms with Crippen molar-refractivity contribution >= 4 is 8.80 Å². The fourth-order valence-electron chi connectivity index (χ4n) is 3.93. The fourth-order valence-corrected chi connectivity index (χ4v) is 6.61. The minimum absolute atomic E-state index is 0.636. The summed E-state index contributed by atoms with van der Waals surface area (Å²) in [7, 11) is -0.636. The van der Waals surface area contributed by atoms with E-state index in [0.29, 0.717) is 0 Å². The molecule has 29 heavy (non-hydrogen) atoms. The molecule has 0 fully saturated rings. The topological polar surface area (TPSA) is 0 Å². The van der Waals surface area contributed by atoms with E-state index in [-0.39, 0.29) is 0 Å². The molecule has 164 valence electrons. The van der Waals surface area contributed by atoms with Gasteiger partial charge in [-0.1, -0.05) is 119 Å². The van der Waals surface area contributed by atoms with Crippen LogP contribution in [0.15, 0.2) is 54.6 Å². The van der Waals surface area contributed by atoms with Gasteiger partial charge < -0.3 is 0 Å². The van der Waals surface area contributed by atoms with Crippen molar-refractivity contribution in [2.24, 2.45) is 0 Å². The summed E-state index contributed by atoms with van der Waals surface area (Å²) in [6.45, 7) is 4.58. The summed E-state index contributed by atoms with van der Waals surface area (Å²) in [6.07, 6.45) is 27.7. The first-order valence-electron chi connectivity index (χ1n) is 12.7. The SMILES string of the molecule is CCCCCC=CC[SiH](CC=CCCCCC)CCCCCCc1ccccc1. The third-order valence-electron chi connectivity index (χ3n) is 5.89. The van der Waals surface area contributed by atoms with Gasteiger partial charge in [-0.15, -0.1) is 0 Å². The first-order valence-corrected chi connectivity index (χ1v) is 15.2. The molecule has 0 bridgehead atoms. The summed E-state index contributed by atoms with van der Waals surface area (Å²) >= 11 is 0. The summed E-state index contributed by atoms with van der Waals surface area (Å²) in [5.41, 5.74) is 1.50. The standard InChI is InChI=1S/C28H48Si/c1-3-5-7-9-12-19-25-29(26-20-13-10-8-6-4-2)27-21-14-11-16-22-28-23-17-15-18-24-28/h12-13,15,17-20,23-24,29H,3-11,14,16,21-22,25-27H2,1-2H3. The number of allylic oxidation sites excluding steroid dienone is 4. The number of unbranched alkanes of at least 4 members (excludes halogenated alkanes) is 9. The zero-order valence-corrected chi connectivity index (χ0v) is 20.7. The van der Waals surface area contributed by atoms with Crippen molar-refractivity contribution in [1.82, 2.24) is 0 Å². The minimum atomic E-state index is -0.636. The Balaban J connectivity index is 2.22. The second kappa shape index (κ2) is 20.2. The fraction of sp³-hybridized carbons (Fsp3) is 0.643. The van der Waals surface area contributed by atoms with Gasteiger partial charge in [-0.25, -0.2) is 0 Å². The molecule has 0 saturated carbocycles. The molecule has 0 aliphatic carbocycles. The molecule has 0 spiro atoms. The van der Waals surface area contributed by atoms with Crippen molar-refractivity contribution in [3.8, 4) is 0 Å². The van der Waals surface area contributed by atoms with Crippen LogP contribution in [-0.2, 0) is 6.42 Å². The molecule has 0 amide bonds. The zero-order chi connectivity index (χ0) is 20.8. The molecule has 1 aromatic rings. The van der Waals surface area contributed by atoms with Crippen molar-refractivity contribution in [1.29, 1.82) is 0 Å². The van der Waals surface area contributed by atoms with E-state index < -0.39 is 8.80 Å². The van der Waals surface area contributed by atoms with Crippen LogP contribution in [0.4, 0.5) is 0 Å². The quantitative estimate of drug-likeness (QED) is 0.121. The van der Waals surface area contributed by atoms with E-state index in [9.17, 15) is 0 Å². The second-order valence-corrected chi connectivity index (χ2v) is 12.0. The molecule has 0 N–H and O–H groups in total. The molecule has 0 nitrogen and oxygen atoms in total. The number of benzene rings is 1. The van der Waals surface area contributed by atoms with Crippen LogP contribution in [0.3, 0.4) is 0 Å². The Bertz CT molecular complexity index is 480. The van der Waals surface area contributed by atoms with E-state index in [1.807, 2.05) is 0 Å². The maximum absolute atomic E-state index is 2.53. The number of hydrogen-bond donors (Lipinski definition) is 0. The molecule has 0 aliphatic rings. The molecular formula is C28H48Si. The van der Waals surface area contributed by atoms with Crippen molar-refractivity contribution in [3.05, 3.63) is 60.2 Å². The molecule has 0 saturated heterocycles. The van der Waals surface area contributed by atoms with Gasteiger partial charge in [0.15, 0.2) is 0 Å². The van der Waals surface area contributed by atoms with Crippen LogP contribution in [0.25, 0.3) is 0 Å². The van der Waals surface area contributed by atoms with Gasteiger partial charge in [-0.3, -0.25) is 0 Å². The lowest BCUT2D eigenvalue weighted by Crippen LogP contribution is -2.09. The van der Waals surface area contributed by atoms with E-state index in [2.05, 4.69) is 68.5 Å². The highest BCUT2D eigenvalue weighted by molar-refractivity contribution is 6.59. The van der Waals surface area contributed by atoms with Crippen LogP contribution >= 0.6 is 0 Å². The average molecular weight is 413 g/mol. The van der Waals surface area contributed by atoms with Gasteiger partial charge >= 0.3 is 0 Å². The maximum Gasteiger partial charge on any atom is 0.0443 e. The predicted octanol–water partition coefficient (Wildman–Crippen LogP) is 9.29. The number of aryl methyl sites for hydroxylation is 1. The Kier molecular flexibility index (Phi) is 18.1. The molecule has 0 aliphatic heterocycles. The first kappa shape index (κ1) is 26.0. The van der Waals surface area contributed by atoms with Gasteiger partial charge in [-0.2, -0.15) is 0 Å². The molecule has 0 radical (unpaired) electrons. The Hall–Kier alpha value is -1.08. The van der Waals surface area contributed by atoms with Crippen molar-refractivity contribution in [2.75, 3.05) is 0 Å². The zero-order valence-electron chi connectivity index (χ0n) is 19.6. The summed E-state index contributed by atoms with van der Waals surface area (Å²) < 4.78 is 0. The van der Waals surface area contributed by atoms with Crippen molar-refractivity contribution < 1.29 is 0 Å². The molecule has 0 atom stereocenters. The molecule has 0 aromatic heterocycles. The van der Waals surface area contributed by atoms with Crippen LogP contribution in [0, 0.1) is 0 Å². The maximum atomic E-state index is 2.53. The Morgan fingerprint density at radius 3 is 1.79 bits per heavy atom. The van der Waals surface area contributed by atoms with Crippen LogP contribution in [0.1, 0.15) is 96.5 Å². The highest BCUT2D eigenvalue weighted by atomic mass is 28.3. The van der Waals surface area contributed by atoms with Crippen molar-refractivity contribution in [3.63, 3.8) is 0 Å². The number of hydrogen-bond acceptors (Lipinski definition) is 0. The summed E-state index contributed by atoms with van der Waals surface area (Å²) in [5.74, 6) is 0. The van der Waals surface area contributed by atoms with E-state index in [1.54, 1.807) is 0 Å². The van der Waals surface area contributed by atoms with Gasteiger partial charge in [0.2, 0.25) is 0 Å². The highest BCUT2D eigenvalue weighted by Gasteiger charge is 2.07. The molecule has 1 aromatic carbocycles. The molecule has 0 heterocycles. The van der Waals surface area contributed by atoms with E-state index in [0.717, 1.165) is 0 Å². The van der Waals surface area contributed by atoms with Gasteiger partial charge in [0.1, 0.15) is 0 Å². The molecule has 1 heteroatoms. The first-order chi connectivity index (χ1) is 14.4. The smallest absolute Gasteiger partial charge is 0.0443 e. The monoisotopic (exact) mass is 412 g/mol. The highest BCUT2D eigenvalue weighted by Crippen LogP contribution is 2.16. The van der Waals surface area contributed by atoms with Crippen LogP contribution in [0.5, 0.6) is 0 Å². The minimum Gasteiger partial charge on any atom is -0.0914 e. The van der Waals surface area contributed by atoms with E-state index in [1.165, 1.54) is 107 Å². The third-order valence-corrected chi connectivity index (χ3v) is 8.99. The van der Waals surface area contributed by atoms with Gasteiger partial charge in [0, 0.05) is 8.80 Å². The lowest BCUT2D eigenvalue weighted by atomic mass is 10.1. The predicted molar refractivity (Wildman–Crippen MR) is 137 cm³/mol. The summed E-state index contributed by atoms with van der Waals surface area (Å²) in [5, 5.41) is 0. The van der Waals surface area contributed by atoms with Crippen LogP contribution < -0.4 is 0 Å². The number of rotatable bonds is 19. The van der Waals surface area contributed by atoms with Crippen LogP contribution in [-0.4, -0.2) is 8.80 Å². The lowest BCUT2D eigenvalue weighted by Gasteiger charge is -2.11. The van der Waals surface area contributed by atoms with Gasteiger partial charge in [0.25, 0.3) is 0 Å². The molecular weight excluding hydrogens is 364 g/mol. The Labute approximate surface area is 184 Å². The lowest BCUT2D eigenvalue weighted by molar-refractivity contribution is 0.664. The normalized spacial score (nSPS) is 12.9. The summed E-state index contributed by atoms with van der Waals surface area (Å²) in [4.78, 5) is 0. The largest absolute Gasteiger partial charge is 0.0914 e. The average Bonchev–Trinajstić information content (AvgIpc) is 2.75. The molecule has 1 rings (SSSR count). The van der Waals surface area contributed by atoms with Gasteiger partial charge in [-0.05, 0) is 56.2 Å². The Morgan fingerprint density at radius 1 is 0.621 bits per heavy atom. The third kappa shape index (κ3) is 16.4. The molecule has 0 unspecified atom stereocenters.